The highest BCUT2D eigenvalue weighted by molar-refractivity contribution is 5.94. The highest BCUT2D eigenvalue weighted by Crippen LogP contribution is 2.22. The molecular weight excluding hydrogens is 372 g/mol. The number of rotatable bonds is 6. The van der Waals surface area contributed by atoms with Gasteiger partial charge in [-0.05, 0) is 48.1 Å². The lowest BCUT2D eigenvalue weighted by atomic mass is 9.88. The van der Waals surface area contributed by atoms with Gasteiger partial charge in [-0.3, -0.25) is 9.59 Å². The second-order valence-electron chi connectivity index (χ2n) is 7.78. The first-order valence-electron chi connectivity index (χ1n) is 10.5. The molecule has 4 heteroatoms. The first kappa shape index (κ1) is 19.9. The van der Waals surface area contributed by atoms with Crippen molar-refractivity contribution in [2.75, 3.05) is 0 Å². The largest absolute Gasteiger partial charge is 0.353 e. The van der Waals surface area contributed by atoms with Crippen LogP contribution in [-0.4, -0.2) is 17.9 Å². The van der Waals surface area contributed by atoms with E-state index in [1.807, 2.05) is 54.6 Å². The average Bonchev–Trinajstić information content (AvgIpc) is 2.79. The number of fused-ring (bicyclic) bond motifs is 1. The Morgan fingerprint density at radius 2 is 1.47 bits per heavy atom. The van der Waals surface area contributed by atoms with Crippen LogP contribution < -0.4 is 10.6 Å². The van der Waals surface area contributed by atoms with Crippen LogP contribution in [0.4, 0.5) is 0 Å². The van der Waals surface area contributed by atoms with Gasteiger partial charge in [0, 0.05) is 11.6 Å². The first-order valence-corrected chi connectivity index (χ1v) is 10.5. The molecule has 0 radical (unpaired) electrons. The van der Waals surface area contributed by atoms with Gasteiger partial charge in [-0.1, -0.05) is 72.8 Å². The lowest BCUT2D eigenvalue weighted by Crippen LogP contribution is -2.41. The maximum absolute atomic E-state index is 12.9. The Labute approximate surface area is 177 Å². The third-order valence-corrected chi connectivity index (χ3v) is 5.64. The van der Waals surface area contributed by atoms with E-state index in [0.717, 1.165) is 24.8 Å². The Hall–Kier alpha value is -3.40. The topological polar surface area (TPSA) is 58.2 Å². The van der Waals surface area contributed by atoms with Crippen LogP contribution in [-0.2, 0) is 17.6 Å². The molecule has 0 spiro atoms. The molecule has 4 rings (SSSR count). The van der Waals surface area contributed by atoms with Gasteiger partial charge in [0.15, 0.2) is 0 Å². The zero-order valence-electron chi connectivity index (χ0n) is 16.9. The maximum atomic E-state index is 12.9. The van der Waals surface area contributed by atoms with E-state index >= 15 is 0 Å². The summed E-state index contributed by atoms with van der Waals surface area (Å²) >= 11 is 0. The molecule has 0 saturated heterocycles. The first-order chi connectivity index (χ1) is 14.7. The number of hydrogen-bond acceptors (Lipinski definition) is 2. The van der Waals surface area contributed by atoms with Gasteiger partial charge in [0.25, 0.3) is 5.91 Å². The monoisotopic (exact) mass is 398 g/mol. The van der Waals surface area contributed by atoms with E-state index in [2.05, 4.69) is 28.8 Å². The smallest absolute Gasteiger partial charge is 0.251 e. The van der Waals surface area contributed by atoms with Crippen LogP contribution in [0.3, 0.4) is 0 Å². The Morgan fingerprint density at radius 1 is 0.833 bits per heavy atom. The summed E-state index contributed by atoms with van der Waals surface area (Å²) in [5, 5.41) is 6.22. The van der Waals surface area contributed by atoms with E-state index in [9.17, 15) is 9.59 Å². The summed E-state index contributed by atoms with van der Waals surface area (Å²) in [7, 11) is 0. The van der Waals surface area contributed by atoms with Gasteiger partial charge >= 0.3 is 0 Å². The molecule has 0 heterocycles. The second kappa shape index (κ2) is 9.40. The van der Waals surface area contributed by atoms with Crippen molar-refractivity contribution in [2.45, 2.75) is 37.8 Å². The average molecular weight is 399 g/mol. The number of hydrogen-bond donors (Lipinski definition) is 2. The standard InChI is InChI=1S/C26H26N2O2/c29-25(27-23-16-15-19-9-7-8-14-22(19)17-23)18-24(20-10-3-1-4-11-20)28-26(30)21-12-5-2-6-13-21/h1-14,23-24H,15-18H2,(H,27,29)(H,28,30)/t23-,24+/m1/s1. The summed E-state index contributed by atoms with van der Waals surface area (Å²) in [5.74, 6) is -0.217. The van der Waals surface area contributed by atoms with Crippen LogP contribution in [0.15, 0.2) is 84.9 Å². The minimum Gasteiger partial charge on any atom is -0.353 e. The van der Waals surface area contributed by atoms with Crippen molar-refractivity contribution in [3.63, 3.8) is 0 Å². The molecule has 4 nitrogen and oxygen atoms in total. The van der Waals surface area contributed by atoms with Gasteiger partial charge in [0.05, 0.1) is 12.5 Å². The Morgan fingerprint density at radius 3 is 2.20 bits per heavy atom. The molecule has 1 aliphatic rings. The van der Waals surface area contributed by atoms with E-state index in [4.69, 9.17) is 0 Å². The predicted octanol–water partition coefficient (Wildman–Crippen LogP) is 4.22. The van der Waals surface area contributed by atoms with Gasteiger partial charge < -0.3 is 10.6 Å². The summed E-state index contributed by atoms with van der Waals surface area (Å²) in [6, 6.07) is 26.9. The van der Waals surface area contributed by atoms with Crippen LogP contribution in [0.2, 0.25) is 0 Å². The summed E-state index contributed by atoms with van der Waals surface area (Å²) in [5.41, 5.74) is 4.19. The summed E-state index contributed by atoms with van der Waals surface area (Å²) in [6.45, 7) is 0. The molecule has 0 bridgehead atoms. The zero-order valence-corrected chi connectivity index (χ0v) is 16.9. The molecule has 0 aromatic heterocycles. The molecule has 3 aromatic rings. The molecule has 0 saturated carbocycles. The molecule has 30 heavy (non-hydrogen) atoms. The number of benzene rings is 3. The normalized spacial score (nSPS) is 16.2. The van der Waals surface area contributed by atoms with E-state index in [1.54, 1.807) is 12.1 Å². The van der Waals surface area contributed by atoms with Crippen molar-refractivity contribution >= 4 is 11.8 Å². The van der Waals surface area contributed by atoms with Crippen LogP contribution in [0.25, 0.3) is 0 Å². The van der Waals surface area contributed by atoms with Crippen LogP contribution in [0.5, 0.6) is 0 Å². The Balaban J connectivity index is 1.43. The van der Waals surface area contributed by atoms with Crippen molar-refractivity contribution < 1.29 is 9.59 Å². The highest BCUT2D eigenvalue weighted by Gasteiger charge is 2.23. The van der Waals surface area contributed by atoms with Gasteiger partial charge in [-0.25, -0.2) is 0 Å². The molecule has 152 valence electrons. The fourth-order valence-electron chi connectivity index (χ4n) is 4.06. The second-order valence-corrected chi connectivity index (χ2v) is 7.78. The van der Waals surface area contributed by atoms with Gasteiger partial charge in [0.2, 0.25) is 5.91 Å². The van der Waals surface area contributed by atoms with Crippen LogP contribution in [0, 0.1) is 0 Å². The zero-order chi connectivity index (χ0) is 20.8. The SMILES string of the molecule is O=C(C[C@H](NC(=O)c1ccccc1)c1ccccc1)N[C@@H]1CCc2ccccc2C1. The molecule has 0 unspecified atom stereocenters. The highest BCUT2D eigenvalue weighted by atomic mass is 16.2. The quantitative estimate of drug-likeness (QED) is 0.653. The number of carbonyl (C=O) groups excluding carboxylic acids is 2. The van der Waals surface area contributed by atoms with Crippen LogP contribution >= 0.6 is 0 Å². The lowest BCUT2D eigenvalue weighted by molar-refractivity contribution is -0.122. The van der Waals surface area contributed by atoms with Crippen molar-refractivity contribution in [2.24, 2.45) is 0 Å². The van der Waals surface area contributed by atoms with Crippen molar-refractivity contribution in [3.05, 3.63) is 107 Å². The van der Waals surface area contributed by atoms with E-state index in [-0.39, 0.29) is 30.3 Å². The number of aryl methyl sites for hydroxylation is 1. The molecule has 2 amide bonds. The Bertz CT molecular complexity index is 1000. The Kier molecular flexibility index (Phi) is 6.23. The third kappa shape index (κ3) is 4.95. The maximum Gasteiger partial charge on any atom is 0.251 e. The third-order valence-electron chi connectivity index (χ3n) is 5.64. The minimum atomic E-state index is -0.380. The molecule has 2 atom stereocenters. The van der Waals surface area contributed by atoms with Crippen molar-refractivity contribution in [1.29, 1.82) is 0 Å². The summed E-state index contributed by atoms with van der Waals surface area (Å²) in [4.78, 5) is 25.6. The van der Waals surface area contributed by atoms with E-state index in [1.165, 1.54) is 11.1 Å². The number of nitrogens with one attached hydrogen (secondary N) is 2. The van der Waals surface area contributed by atoms with Crippen LogP contribution in [0.1, 0.15) is 45.9 Å². The fraction of sp³-hybridized carbons (Fsp3) is 0.231. The molecule has 1 aliphatic carbocycles. The molecular formula is C26H26N2O2. The van der Waals surface area contributed by atoms with Gasteiger partial charge in [0.1, 0.15) is 0 Å². The lowest BCUT2D eigenvalue weighted by Gasteiger charge is -2.26. The fourth-order valence-corrected chi connectivity index (χ4v) is 4.06. The molecule has 0 fully saturated rings. The summed E-state index contributed by atoms with van der Waals surface area (Å²) in [6.07, 6.45) is 2.98. The van der Waals surface area contributed by atoms with E-state index in [0.29, 0.717) is 5.56 Å². The summed E-state index contributed by atoms with van der Waals surface area (Å²) < 4.78 is 0. The molecule has 3 aromatic carbocycles. The van der Waals surface area contributed by atoms with Gasteiger partial charge in [-0.15, -0.1) is 0 Å². The van der Waals surface area contributed by atoms with Crippen molar-refractivity contribution in [1.82, 2.24) is 10.6 Å². The number of amides is 2. The minimum absolute atomic E-state index is 0.0402. The number of carbonyl (C=O) groups is 2. The predicted molar refractivity (Wildman–Crippen MR) is 118 cm³/mol. The van der Waals surface area contributed by atoms with Crippen molar-refractivity contribution in [3.8, 4) is 0 Å². The van der Waals surface area contributed by atoms with Gasteiger partial charge in [-0.2, -0.15) is 0 Å². The van der Waals surface area contributed by atoms with E-state index < -0.39 is 0 Å². The molecule has 2 N–H and O–H groups in total. The molecule has 0 aliphatic heterocycles.